The van der Waals surface area contributed by atoms with Crippen molar-refractivity contribution in [2.45, 2.75) is 12.5 Å². The van der Waals surface area contributed by atoms with Crippen molar-refractivity contribution in [2.75, 3.05) is 7.11 Å². The molecule has 1 aliphatic rings. The third kappa shape index (κ3) is 3.03. The van der Waals surface area contributed by atoms with Crippen LogP contribution < -0.4 is 0 Å². The molecule has 2 aromatic rings. The van der Waals surface area contributed by atoms with Crippen LogP contribution in [0.3, 0.4) is 0 Å². The Bertz CT molecular complexity index is 784. The van der Waals surface area contributed by atoms with E-state index in [0.29, 0.717) is 6.42 Å². The van der Waals surface area contributed by atoms with E-state index in [9.17, 15) is 14.9 Å². The number of carbonyl (C=O) groups excluding carboxylic acids is 1. The zero-order valence-electron chi connectivity index (χ0n) is 13.1. The molecule has 122 valence electrons. The molecule has 2 aromatic carbocycles. The van der Waals surface area contributed by atoms with Gasteiger partial charge in [0.1, 0.15) is 0 Å². The Hall–Kier alpha value is -3.02. The molecule has 0 radical (unpaired) electrons. The summed E-state index contributed by atoms with van der Waals surface area (Å²) >= 11 is 0. The summed E-state index contributed by atoms with van der Waals surface area (Å²) in [5.74, 6) is -0.750. The van der Waals surface area contributed by atoms with E-state index in [1.165, 1.54) is 19.2 Å². The highest BCUT2D eigenvalue weighted by molar-refractivity contribution is 6.04. The maximum absolute atomic E-state index is 12.1. The summed E-state index contributed by atoms with van der Waals surface area (Å²) in [5.41, 5.74) is 2.59. The molecule has 3 rings (SSSR count). The summed E-state index contributed by atoms with van der Waals surface area (Å²) in [6.07, 6.45) is 0.484. The minimum Gasteiger partial charge on any atom is -0.469 e. The highest BCUT2D eigenvalue weighted by Gasteiger charge is 2.37. The first-order chi connectivity index (χ1) is 11.6. The summed E-state index contributed by atoms with van der Waals surface area (Å²) in [7, 11) is 1.36. The van der Waals surface area contributed by atoms with Crippen molar-refractivity contribution < 1.29 is 14.5 Å². The first kappa shape index (κ1) is 15.9. The van der Waals surface area contributed by atoms with E-state index in [2.05, 4.69) is 0 Å². The van der Waals surface area contributed by atoms with Gasteiger partial charge in [0.15, 0.2) is 0 Å². The summed E-state index contributed by atoms with van der Waals surface area (Å²) in [6.45, 7) is 0. The third-order valence-corrected chi connectivity index (χ3v) is 4.15. The normalized spacial score (nSPS) is 19.6. The van der Waals surface area contributed by atoms with Crippen LogP contribution in [0.4, 0.5) is 5.69 Å². The fraction of sp³-hybridized carbons (Fsp3) is 0.222. The van der Waals surface area contributed by atoms with E-state index in [0.717, 1.165) is 16.8 Å². The fourth-order valence-corrected chi connectivity index (χ4v) is 2.92. The van der Waals surface area contributed by atoms with Crippen molar-refractivity contribution in [3.63, 3.8) is 0 Å². The van der Waals surface area contributed by atoms with Gasteiger partial charge < -0.3 is 4.74 Å². The molecule has 0 unspecified atom stereocenters. The Kier molecular flexibility index (Phi) is 4.37. The van der Waals surface area contributed by atoms with Crippen molar-refractivity contribution in [1.29, 1.82) is 0 Å². The summed E-state index contributed by atoms with van der Waals surface area (Å²) in [6, 6.07) is 15.4. The van der Waals surface area contributed by atoms with Crippen molar-refractivity contribution in [3.05, 3.63) is 75.8 Å². The lowest BCUT2D eigenvalue weighted by molar-refractivity contribution is -0.384. The average molecular weight is 324 g/mol. The minimum atomic E-state index is -0.450. The molecular weight excluding hydrogens is 308 g/mol. The highest BCUT2D eigenvalue weighted by Crippen LogP contribution is 2.37. The number of non-ortho nitro benzene ring substituents is 1. The standard InChI is InChI=1S/C18H16N2O4/c1-24-18(21)15-11-16(12-5-3-2-4-6-12)19-17(15)13-7-9-14(10-8-13)20(22)23/h2-10,15,17H,11H2,1H3/t15-,17-/m1/s1. The van der Waals surface area contributed by atoms with Crippen LogP contribution >= 0.6 is 0 Å². The zero-order chi connectivity index (χ0) is 17.1. The van der Waals surface area contributed by atoms with Crippen molar-refractivity contribution in [3.8, 4) is 0 Å². The van der Waals surface area contributed by atoms with Gasteiger partial charge in [-0.1, -0.05) is 42.5 Å². The number of hydrogen-bond acceptors (Lipinski definition) is 5. The van der Waals surface area contributed by atoms with E-state index in [1.807, 2.05) is 30.3 Å². The zero-order valence-corrected chi connectivity index (χ0v) is 13.1. The molecule has 0 fully saturated rings. The lowest BCUT2D eigenvalue weighted by Crippen LogP contribution is -2.20. The van der Waals surface area contributed by atoms with Crippen LogP contribution in [0, 0.1) is 16.0 Å². The third-order valence-electron chi connectivity index (χ3n) is 4.15. The van der Waals surface area contributed by atoms with Gasteiger partial charge in [-0.3, -0.25) is 19.9 Å². The number of aliphatic imine (C=N–C) groups is 1. The first-order valence-corrected chi connectivity index (χ1v) is 7.54. The minimum absolute atomic E-state index is 0.0126. The lowest BCUT2D eigenvalue weighted by Gasteiger charge is -2.15. The predicted octanol–water partition coefficient (Wildman–Crippen LogP) is 3.32. The van der Waals surface area contributed by atoms with Crippen molar-refractivity contribution in [1.82, 2.24) is 0 Å². The molecule has 0 bridgehead atoms. The molecule has 6 nitrogen and oxygen atoms in total. The molecule has 0 N–H and O–H groups in total. The number of carbonyl (C=O) groups is 1. The maximum atomic E-state index is 12.1. The monoisotopic (exact) mass is 324 g/mol. The second-order valence-corrected chi connectivity index (χ2v) is 5.57. The molecule has 2 atom stereocenters. The van der Waals surface area contributed by atoms with Crippen LogP contribution in [0.5, 0.6) is 0 Å². The van der Waals surface area contributed by atoms with Crippen LogP contribution in [0.1, 0.15) is 23.6 Å². The van der Waals surface area contributed by atoms with Gasteiger partial charge in [-0.05, 0) is 11.1 Å². The maximum Gasteiger partial charge on any atom is 0.311 e. The number of nitro groups is 1. The van der Waals surface area contributed by atoms with Gasteiger partial charge in [0.05, 0.1) is 24.0 Å². The number of hydrogen-bond donors (Lipinski definition) is 0. The van der Waals surface area contributed by atoms with E-state index >= 15 is 0 Å². The quantitative estimate of drug-likeness (QED) is 0.491. The molecule has 0 amide bonds. The first-order valence-electron chi connectivity index (χ1n) is 7.54. The van der Waals surface area contributed by atoms with Gasteiger partial charge in [0, 0.05) is 24.3 Å². The van der Waals surface area contributed by atoms with Crippen LogP contribution in [-0.4, -0.2) is 23.7 Å². The van der Waals surface area contributed by atoms with E-state index in [-0.39, 0.29) is 11.7 Å². The Balaban J connectivity index is 1.96. The Labute approximate surface area is 138 Å². The van der Waals surface area contributed by atoms with Crippen LogP contribution in [0.25, 0.3) is 0 Å². The molecule has 0 saturated heterocycles. The second-order valence-electron chi connectivity index (χ2n) is 5.57. The summed E-state index contributed by atoms with van der Waals surface area (Å²) < 4.78 is 4.91. The summed E-state index contributed by atoms with van der Waals surface area (Å²) in [5, 5.41) is 10.8. The van der Waals surface area contributed by atoms with Crippen LogP contribution in [-0.2, 0) is 9.53 Å². The average Bonchev–Trinajstić information content (AvgIpc) is 3.07. The highest BCUT2D eigenvalue weighted by atomic mass is 16.6. The Morgan fingerprint density at radius 2 is 1.83 bits per heavy atom. The van der Waals surface area contributed by atoms with Gasteiger partial charge in [-0.15, -0.1) is 0 Å². The molecular formula is C18H16N2O4. The Morgan fingerprint density at radius 3 is 2.42 bits per heavy atom. The summed E-state index contributed by atoms with van der Waals surface area (Å²) in [4.78, 5) is 27.2. The number of benzene rings is 2. The number of methoxy groups -OCH3 is 1. The molecule has 0 spiro atoms. The van der Waals surface area contributed by atoms with E-state index in [4.69, 9.17) is 9.73 Å². The van der Waals surface area contributed by atoms with Gasteiger partial charge in [-0.2, -0.15) is 0 Å². The topological polar surface area (TPSA) is 81.8 Å². The fourth-order valence-electron chi connectivity index (χ4n) is 2.92. The molecule has 0 aromatic heterocycles. The Morgan fingerprint density at radius 1 is 1.17 bits per heavy atom. The molecule has 0 saturated carbocycles. The van der Waals surface area contributed by atoms with Crippen LogP contribution in [0.2, 0.25) is 0 Å². The number of ether oxygens (including phenoxy) is 1. The number of rotatable bonds is 4. The number of nitrogens with zero attached hydrogens (tertiary/aromatic N) is 2. The smallest absolute Gasteiger partial charge is 0.311 e. The largest absolute Gasteiger partial charge is 0.469 e. The van der Waals surface area contributed by atoms with Crippen molar-refractivity contribution in [2.24, 2.45) is 10.9 Å². The van der Waals surface area contributed by atoms with Crippen molar-refractivity contribution >= 4 is 17.4 Å². The molecule has 1 aliphatic heterocycles. The SMILES string of the molecule is COC(=O)[C@@H]1CC(c2ccccc2)=N[C@@H]1c1ccc([N+](=O)[O-])cc1. The molecule has 1 heterocycles. The molecule has 24 heavy (non-hydrogen) atoms. The molecule has 6 heteroatoms. The predicted molar refractivity (Wildman–Crippen MR) is 88.9 cm³/mol. The van der Waals surface area contributed by atoms with Gasteiger partial charge in [-0.25, -0.2) is 0 Å². The number of nitro benzene ring substituents is 1. The van der Waals surface area contributed by atoms with E-state index < -0.39 is 16.9 Å². The lowest BCUT2D eigenvalue weighted by atomic mass is 9.91. The van der Waals surface area contributed by atoms with E-state index in [1.54, 1.807) is 12.1 Å². The second kappa shape index (κ2) is 6.62. The number of esters is 1. The van der Waals surface area contributed by atoms with Gasteiger partial charge in [0.25, 0.3) is 5.69 Å². The van der Waals surface area contributed by atoms with Gasteiger partial charge >= 0.3 is 5.97 Å². The van der Waals surface area contributed by atoms with Crippen LogP contribution in [0.15, 0.2) is 59.6 Å². The van der Waals surface area contributed by atoms with Gasteiger partial charge in [0.2, 0.25) is 0 Å². The molecule has 0 aliphatic carbocycles.